The van der Waals surface area contributed by atoms with Gasteiger partial charge in [0.2, 0.25) is 5.91 Å². The van der Waals surface area contributed by atoms with Crippen LogP contribution in [0.1, 0.15) is 38.5 Å². The zero-order valence-electron chi connectivity index (χ0n) is 13.3. The topological polar surface area (TPSA) is 64.8 Å². The lowest BCUT2D eigenvalue weighted by atomic mass is 9.75. The molecule has 2 atom stereocenters. The van der Waals surface area contributed by atoms with Crippen LogP contribution in [0.15, 0.2) is 0 Å². The average molecular weight is 333 g/mol. The fraction of sp³-hybridized carbons (Fsp3) is 0.938. The molecule has 1 spiro atoms. The molecule has 0 aromatic carbocycles. The van der Waals surface area contributed by atoms with Gasteiger partial charge in [-0.1, -0.05) is 0 Å². The number of likely N-dealkylation sites (tertiary alicyclic amines) is 1. The van der Waals surface area contributed by atoms with Crippen LogP contribution in [0.25, 0.3) is 0 Å². The van der Waals surface area contributed by atoms with Crippen LogP contribution in [0.5, 0.6) is 0 Å². The highest BCUT2D eigenvalue weighted by Gasteiger charge is 2.40. The molecule has 1 amide bonds. The molecule has 0 aromatic heterocycles. The third kappa shape index (κ3) is 3.94. The van der Waals surface area contributed by atoms with Crippen molar-refractivity contribution in [3.05, 3.63) is 0 Å². The molecule has 3 rings (SSSR count). The van der Waals surface area contributed by atoms with Crippen molar-refractivity contribution in [3.63, 3.8) is 0 Å². The zero-order valence-corrected chi connectivity index (χ0v) is 14.1. The highest BCUT2D eigenvalue weighted by molar-refractivity contribution is 5.85. The molecule has 128 valence electrons. The maximum absolute atomic E-state index is 12.7. The molecule has 0 bridgehead atoms. The van der Waals surface area contributed by atoms with Crippen LogP contribution in [-0.2, 0) is 14.3 Å². The number of amides is 1. The Morgan fingerprint density at radius 1 is 1.14 bits per heavy atom. The quantitative estimate of drug-likeness (QED) is 0.834. The van der Waals surface area contributed by atoms with Gasteiger partial charge >= 0.3 is 0 Å². The zero-order chi connectivity index (χ0) is 14.7. The molecule has 6 heteroatoms. The summed E-state index contributed by atoms with van der Waals surface area (Å²) in [4.78, 5) is 14.8. The van der Waals surface area contributed by atoms with Crippen LogP contribution in [0.4, 0.5) is 0 Å². The summed E-state index contributed by atoms with van der Waals surface area (Å²) in [5.74, 6) is 0.429. The van der Waals surface area contributed by atoms with E-state index >= 15 is 0 Å². The predicted molar refractivity (Wildman–Crippen MR) is 87.1 cm³/mol. The molecule has 3 fully saturated rings. The Hall–Kier alpha value is -0.360. The Labute approximate surface area is 139 Å². The maximum Gasteiger partial charge on any atom is 0.239 e. The number of halogens is 1. The highest BCUT2D eigenvalue weighted by Crippen LogP contribution is 2.37. The molecule has 2 N–H and O–H groups in total. The summed E-state index contributed by atoms with van der Waals surface area (Å²) in [5, 5.41) is 0. The molecular weight excluding hydrogens is 304 g/mol. The molecule has 3 aliphatic heterocycles. The van der Waals surface area contributed by atoms with Gasteiger partial charge in [0.25, 0.3) is 0 Å². The minimum Gasteiger partial charge on any atom is -0.381 e. The number of rotatable bonds is 2. The fourth-order valence-electron chi connectivity index (χ4n) is 4.12. The molecule has 0 radical (unpaired) electrons. The Balaban J connectivity index is 0.00000176. The minimum absolute atomic E-state index is 0. The van der Waals surface area contributed by atoms with E-state index in [-0.39, 0.29) is 35.7 Å². The number of nitrogens with zero attached hydrogens (tertiary/aromatic N) is 1. The lowest BCUT2D eigenvalue weighted by Crippen LogP contribution is -2.55. The van der Waals surface area contributed by atoms with Gasteiger partial charge in [-0.2, -0.15) is 0 Å². The number of piperidine rings is 1. The van der Waals surface area contributed by atoms with Crippen LogP contribution in [0, 0.1) is 11.3 Å². The summed E-state index contributed by atoms with van der Waals surface area (Å²) in [5.41, 5.74) is 6.46. The molecule has 0 aromatic rings. The second-order valence-electron chi connectivity index (χ2n) is 7.00. The van der Waals surface area contributed by atoms with E-state index in [2.05, 4.69) is 0 Å². The largest absolute Gasteiger partial charge is 0.381 e. The van der Waals surface area contributed by atoms with Crippen LogP contribution in [0.3, 0.4) is 0 Å². The van der Waals surface area contributed by atoms with Crippen molar-refractivity contribution in [3.8, 4) is 0 Å². The van der Waals surface area contributed by atoms with Crippen molar-refractivity contribution in [2.45, 2.75) is 44.6 Å². The lowest BCUT2D eigenvalue weighted by Gasteiger charge is -2.45. The normalized spacial score (nSPS) is 31.6. The van der Waals surface area contributed by atoms with Crippen LogP contribution < -0.4 is 5.73 Å². The Kier molecular flexibility index (Phi) is 6.50. The fourth-order valence-corrected chi connectivity index (χ4v) is 4.12. The van der Waals surface area contributed by atoms with Gasteiger partial charge in [-0.25, -0.2) is 0 Å². The molecule has 22 heavy (non-hydrogen) atoms. The number of nitrogens with two attached hydrogens (primary N) is 1. The van der Waals surface area contributed by atoms with Gasteiger partial charge in [0.15, 0.2) is 0 Å². The number of carbonyl (C=O) groups excluding carboxylic acids is 1. The Bertz CT molecular complexity index is 363. The second-order valence-corrected chi connectivity index (χ2v) is 7.00. The second kappa shape index (κ2) is 7.95. The summed E-state index contributed by atoms with van der Waals surface area (Å²) < 4.78 is 11.1. The van der Waals surface area contributed by atoms with Gasteiger partial charge < -0.3 is 20.1 Å². The first-order valence-electron chi connectivity index (χ1n) is 8.40. The van der Waals surface area contributed by atoms with E-state index in [1.165, 1.54) is 12.8 Å². The van der Waals surface area contributed by atoms with Gasteiger partial charge in [0.05, 0.1) is 12.6 Å². The van der Waals surface area contributed by atoms with E-state index < -0.39 is 0 Å². The molecule has 3 heterocycles. The predicted octanol–water partition coefficient (Wildman–Crippen LogP) is 1.58. The highest BCUT2D eigenvalue weighted by atomic mass is 35.5. The number of carbonyl (C=O) groups is 1. The van der Waals surface area contributed by atoms with Crippen LogP contribution >= 0.6 is 12.4 Å². The Morgan fingerprint density at radius 3 is 2.55 bits per heavy atom. The van der Waals surface area contributed by atoms with Crippen molar-refractivity contribution in [2.75, 3.05) is 39.5 Å². The smallest absolute Gasteiger partial charge is 0.239 e. The lowest BCUT2D eigenvalue weighted by molar-refractivity contribution is -0.141. The molecule has 3 aliphatic rings. The summed E-state index contributed by atoms with van der Waals surface area (Å²) in [6, 6.07) is -0.353. The van der Waals surface area contributed by atoms with Gasteiger partial charge in [0, 0.05) is 38.3 Å². The third-order valence-electron chi connectivity index (χ3n) is 5.44. The summed E-state index contributed by atoms with van der Waals surface area (Å²) in [7, 11) is 0. The first kappa shape index (κ1) is 18.0. The van der Waals surface area contributed by atoms with Crippen molar-refractivity contribution >= 4 is 18.3 Å². The molecular formula is C16H29ClN2O3. The summed E-state index contributed by atoms with van der Waals surface area (Å²) in [6.07, 6.45) is 6.39. The first-order chi connectivity index (χ1) is 10.2. The number of hydrogen-bond donors (Lipinski definition) is 1. The van der Waals surface area contributed by atoms with E-state index in [0.29, 0.717) is 0 Å². The molecule has 0 aliphatic carbocycles. The third-order valence-corrected chi connectivity index (χ3v) is 5.44. The minimum atomic E-state index is -0.353. The molecule has 0 saturated carbocycles. The van der Waals surface area contributed by atoms with Gasteiger partial charge in [-0.15, -0.1) is 12.4 Å². The SMILES string of the molecule is Cl.NC(C(=O)N1CCCC2(CCCOC2)C1)C1CCOCC1. The molecule has 5 nitrogen and oxygen atoms in total. The van der Waals surface area contributed by atoms with Crippen molar-refractivity contribution in [1.82, 2.24) is 4.90 Å². The standard InChI is InChI=1S/C16H28N2O3.ClH/c17-14(13-3-9-20-10-4-13)15(19)18-7-1-5-16(11-18)6-2-8-21-12-16;/h13-14H,1-12,17H2;1H. The van der Waals surface area contributed by atoms with E-state index in [0.717, 1.165) is 65.2 Å². The average Bonchev–Trinajstić information content (AvgIpc) is 2.55. The monoisotopic (exact) mass is 332 g/mol. The summed E-state index contributed by atoms with van der Waals surface area (Å²) in [6.45, 7) is 4.85. The van der Waals surface area contributed by atoms with Gasteiger partial charge in [-0.3, -0.25) is 4.79 Å². The summed E-state index contributed by atoms with van der Waals surface area (Å²) >= 11 is 0. The van der Waals surface area contributed by atoms with Crippen molar-refractivity contribution in [2.24, 2.45) is 17.1 Å². The van der Waals surface area contributed by atoms with E-state index in [4.69, 9.17) is 15.2 Å². The first-order valence-corrected chi connectivity index (χ1v) is 8.40. The van der Waals surface area contributed by atoms with E-state index in [1.54, 1.807) is 0 Å². The van der Waals surface area contributed by atoms with Crippen molar-refractivity contribution < 1.29 is 14.3 Å². The number of ether oxygens (including phenoxy) is 2. The van der Waals surface area contributed by atoms with E-state index in [9.17, 15) is 4.79 Å². The molecule has 2 unspecified atom stereocenters. The van der Waals surface area contributed by atoms with Crippen LogP contribution in [0.2, 0.25) is 0 Å². The van der Waals surface area contributed by atoms with Gasteiger partial charge in [-0.05, 0) is 44.4 Å². The molecule has 3 saturated heterocycles. The van der Waals surface area contributed by atoms with Gasteiger partial charge in [0.1, 0.15) is 0 Å². The Morgan fingerprint density at radius 2 is 1.86 bits per heavy atom. The maximum atomic E-state index is 12.7. The van der Waals surface area contributed by atoms with Crippen molar-refractivity contribution in [1.29, 1.82) is 0 Å². The van der Waals surface area contributed by atoms with E-state index in [1.807, 2.05) is 4.90 Å². The number of hydrogen-bond acceptors (Lipinski definition) is 4. The van der Waals surface area contributed by atoms with Crippen LogP contribution in [-0.4, -0.2) is 56.4 Å².